The molecule has 0 saturated carbocycles. The summed E-state index contributed by atoms with van der Waals surface area (Å²) in [7, 11) is 0. The van der Waals surface area contributed by atoms with E-state index in [1.165, 1.54) is 68.8 Å². The van der Waals surface area contributed by atoms with Crippen molar-refractivity contribution in [3.63, 3.8) is 0 Å². The molecule has 0 aliphatic carbocycles. The molecule has 3 aromatic heterocycles. The SMILES string of the molecule is c1ccc2cc(-c3nc(-c4ccc5ccccc5c4)nc(-n4c5c(-c6cccc7c6sc6ccc8ccccc8c67)cccc5c5c6ccccc6c6ccccc6c54)n3)ccc2c1. The summed E-state index contributed by atoms with van der Waals surface area (Å²) in [5, 5.41) is 16.8. The molecule has 0 radical (unpaired) electrons. The molecular weight excluding hydrogens is 797 g/mol. The van der Waals surface area contributed by atoms with E-state index in [1.54, 1.807) is 0 Å². The Hall–Kier alpha value is -8.25. The maximum absolute atomic E-state index is 5.54. The van der Waals surface area contributed by atoms with Crippen LogP contribution in [0.15, 0.2) is 206 Å². The third kappa shape index (κ3) is 5.19. The first-order valence-electron chi connectivity index (χ1n) is 21.7. The fraction of sp³-hybridized carbons (Fsp3) is 0. The lowest BCUT2D eigenvalue weighted by Crippen LogP contribution is -2.07. The van der Waals surface area contributed by atoms with Gasteiger partial charge in [0, 0.05) is 58.6 Å². The molecular formula is C59H34N4S. The lowest BCUT2D eigenvalue weighted by molar-refractivity contribution is 0.956. The molecule has 0 saturated heterocycles. The molecule has 14 aromatic rings. The summed E-state index contributed by atoms with van der Waals surface area (Å²) >= 11 is 1.87. The van der Waals surface area contributed by atoms with E-state index >= 15 is 0 Å². The second kappa shape index (κ2) is 13.6. The van der Waals surface area contributed by atoms with Crippen molar-refractivity contribution in [1.29, 1.82) is 0 Å². The summed E-state index contributed by atoms with van der Waals surface area (Å²) < 4.78 is 4.90. The van der Waals surface area contributed by atoms with Gasteiger partial charge < -0.3 is 0 Å². The minimum atomic E-state index is 0.573. The smallest absolute Gasteiger partial charge is 0.238 e. The number of para-hydroxylation sites is 1. The van der Waals surface area contributed by atoms with E-state index in [2.05, 4.69) is 211 Å². The van der Waals surface area contributed by atoms with E-state index in [9.17, 15) is 0 Å². The van der Waals surface area contributed by atoms with Crippen LogP contribution in [0.1, 0.15) is 0 Å². The van der Waals surface area contributed by atoms with Crippen LogP contribution in [-0.4, -0.2) is 19.5 Å². The zero-order valence-corrected chi connectivity index (χ0v) is 35.1. The minimum Gasteiger partial charge on any atom is -0.277 e. The van der Waals surface area contributed by atoms with Crippen LogP contribution in [0.25, 0.3) is 136 Å². The zero-order chi connectivity index (χ0) is 41.9. The highest BCUT2D eigenvalue weighted by atomic mass is 32.1. The Morgan fingerprint density at radius 1 is 0.328 bits per heavy atom. The molecule has 4 nitrogen and oxygen atoms in total. The second-order valence-corrected chi connectivity index (χ2v) is 17.8. The van der Waals surface area contributed by atoms with Crippen LogP contribution in [0.2, 0.25) is 0 Å². The van der Waals surface area contributed by atoms with Gasteiger partial charge in [0.25, 0.3) is 0 Å². The molecule has 296 valence electrons. The number of hydrogen-bond acceptors (Lipinski definition) is 4. The van der Waals surface area contributed by atoms with Crippen molar-refractivity contribution in [3.05, 3.63) is 206 Å². The van der Waals surface area contributed by atoms with Crippen LogP contribution in [0.4, 0.5) is 0 Å². The van der Waals surface area contributed by atoms with Crippen LogP contribution < -0.4 is 0 Å². The minimum absolute atomic E-state index is 0.573. The van der Waals surface area contributed by atoms with Crippen molar-refractivity contribution in [2.24, 2.45) is 0 Å². The Labute approximate surface area is 371 Å². The van der Waals surface area contributed by atoms with Crippen molar-refractivity contribution < 1.29 is 0 Å². The van der Waals surface area contributed by atoms with Gasteiger partial charge in [-0.2, -0.15) is 9.97 Å². The molecule has 0 aliphatic rings. The topological polar surface area (TPSA) is 43.6 Å². The third-order valence-corrected chi connectivity index (χ3v) is 14.4. The normalized spacial score (nSPS) is 12.1. The van der Waals surface area contributed by atoms with Crippen molar-refractivity contribution >= 4 is 107 Å². The Balaban J connectivity index is 1.15. The van der Waals surface area contributed by atoms with E-state index in [0.29, 0.717) is 17.6 Å². The van der Waals surface area contributed by atoms with Crippen LogP contribution in [-0.2, 0) is 0 Å². The highest BCUT2D eigenvalue weighted by Crippen LogP contribution is 2.48. The lowest BCUT2D eigenvalue weighted by atomic mass is 9.95. The quantitative estimate of drug-likeness (QED) is 0.166. The first-order valence-corrected chi connectivity index (χ1v) is 22.5. The van der Waals surface area contributed by atoms with Gasteiger partial charge in [-0.05, 0) is 66.7 Å². The van der Waals surface area contributed by atoms with Gasteiger partial charge >= 0.3 is 0 Å². The molecule has 0 bridgehead atoms. The van der Waals surface area contributed by atoms with E-state index in [1.807, 2.05) is 11.3 Å². The van der Waals surface area contributed by atoms with Crippen molar-refractivity contribution in [3.8, 4) is 39.9 Å². The molecule has 5 heteroatoms. The fourth-order valence-electron chi connectivity index (χ4n) is 10.3. The van der Waals surface area contributed by atoms with Crippen LogP contribution >= 0.6 is 11.3 Å². The van der Waals surface area contributed by atoms with E-state index in [4.69, 9.17) is 15.0 Å². The largest absolute Gasteiger partial charge is 0.277 e. The molecule has 11 aromatic carbocycles. The maximum Gasteiger partial charge on any atom is 0.238 e. The Morgan fingerprint density at radius 3 is 1.53 bits per heavy atom. The van der Waals surface area contributed by atoms with Gasteiger partial charge in [-0.15, -0.1) is 11.3 Å². The van der Waals surface area contributed by atoms with Gasteiger partial charge in [-0.3, -0.25) is 4.57 Å². The zero-order valence-electron chi connectivity index (χ0n) is 34.3. The molecule has 64 heavy (non-hydrogen) atoms. The van der Waals surface area contributed by atoms with Gasteiger partial charge in [-0.1, -0.05) is 188 Å². The summed E-state index contributed by atoms with van der Waals surface area (Å²) in [5.41, 5.74) is 6.32. The van der Waals surface area contributed by atoms with E-state index in [0.717, 1.165) is 49.3 Å². The number of benzene rings is 11. The van der Waals surface area contributed by atoms with Crippen molar-refractivity contribution in [1.82, 2.24) is 19.5 Å². The van der Waals surface area contributed by atoms with Crippen LogP contribution in [0.3, 0.4) is 0 Å². The number of fused-ring (bicyclic) bond motifs is 15. The number of thiophene rings is 1. The van der Waals surface area contributed by atoms with Gasteiger partial charge in [0.15, 0.2) is 11.6 Å². The average Bonchev–Trinajstić information content (AvgIpc) is 3.93. The summed E-state index contributed by atoms with van der Waals surface area (Å²) in [5.74, 6) is 1.81. The molecule has 0 unspecified atom stereocenters. The average molecular weight is 831 g/mol. The predicted molar refractivity (Wildman–Crippen MR) is 271 cm³/mol. The monoisotopic (exact) mass is 830 g/mol. The number of rotatable bonds is 4. The van der Waals surface area contributed by atoms with Gasteiger partial charge in [0.05, 0.1) is 11.0 Å². The predicted octanol–water partition coefficient (Wildman–Crippen LogP) is 16.1. The molecule has 0 fully saturated rings. The van der Waals surface area contributed by atoms with Crippen LogP contribution in [0, 0.1) is 0 Å². The maximum atomic E-state index is 5.54. The first kappa shape index (κ1) is 35.4. The first-order chi connectivity index (χ1) is 31.7. The number of nitrogens with zero attached hydrogens (tertiary/aromatic N) is 4. The summed E-state index contributed by atoms with van der Waals surface area (Å²) in [6.07, 6.45) is 0. The highest BCUT2D eigenvalue weighted by molar-refractivity contribution is 7.26. The highest BCUT2D eigenvalue weighted by Gasteiger charge is 2.25. The van der Waals surface area contributed by atoms with Gasteiger partial charge in [-0.25, -0.2) is 4.98 Å². The Bertz CT molecular complexity index is 4180. The number of aromatic nitrogens is 4. The summed E-state index contributed by atoms with van der Waals surface area (Å²) in [4.78, 5) is 16.4. The summed E-state index contributed by atoms with van der Waals surface area (Å²) in [6, 6.07) is 74.4. The molecule has 0 atom stereocenters. The Morgan fingerprint density at radius 2 is 0.844 bits per heavy atom. The van der Waals surface area contributed by atoms with Crippen LogP contribution in [0.5, 0.6) is 0 Å². The van der Waals surface area contributed by atoms with Gasteiger partial charge in [0.2, 0.25) is 5.95 Å². The molecule has 0 spiro atoms. The molecule has 0 aliphatic heterocycles. The molecule has 3 heterocycles. The fourth-order valence-corrected chi connectivity index (χ4v) is 11.5. The molecule has 14 rings (SSSR count). The van der Waals surface area contributed by atoms with Gasteiger partial charge in [0.1, 0.15) is 0 Å². The van der Waals surface area contributed by atoms with E-state index in [-0.39, 0.29) is 0 Å². The molecule has 0 N–H and O–H groups in total. The summed E-state index contributed by atoms with van der Waals surface area (Å²) in [6.45, 7) is 0. The third-order valence-electron chi connectivity index (χ3n) is 13.2. The van der Waals surface area contributed by atoms with E-state index < -0.39 is 0 Å². The van der Waals surface area contributed by atoms with Crippen molar-refractivity contribution in [2.75, 3.05) is 0 Å². The Kier molecular flexibility index (Phi) is 7.53. The second-order valence-electron chi connectivity index (χ2n) is 16.7. The number of hydrogen-bond donors (Lipinski definition) is 0. The lowest BCUT2D eigenvalue weighted by Gasteiger charge is -2.15. The standard InChI is InChI=1S/C59H34N4S/c1-3-16-38-33-40(29-27-35(38)13-1)57-60-58(41-30-28-36-14-2-4-17-39(36)34-41)62-59(61-57)63-54-47(48-24-12-26-50-52-42-18-6-5-15-37(42)31-32-51(52)64-56(48)50)23-11-25-49(54)53-45-21-9-7-19-43(45)44-20-8-10-22-46(44)55(53)63/h1-34H. The molecule has 0 amide bonds. The van der Waals surface area contributed by atoms with Crippen molar-refractivity contribution in [2.45, 2.75) is 0 Å².